The summed E-state index contributed by atoms with van der Waals surface area (Å²) in [5.41, 5.74) is 0.815. The van der Waals surface area contributed by atoms with Crippen molar-refractivity contribution in [3.63, 3.8) is 0 Å². The predicted molar refractivity (Wildman–Crippen MR) is 106 cm³/mol. The molecule has 0 unspecified atom stereocenters. The molecule has 0 bridgehead atoms. The zero-order valence-corrected chi connectivity index (χ0v) is 16.9. The van der Waals surface area contributed by atoms with E-state index in [4.69, 9.17) is 18.9 Å². The molecule has 0 atom stereocenters. The third-order valence-electron chi connectivity index (χ3n) is 4.55. The molecule has 2 aromatic rings. The summed E-state index contributed by atoms with van der Waals surface area (Å²) >= 11 is 0. The zero-order valence-electron chi connectivity index (χ0n) is 16.9. The summed E-state index contributed by atoms with van der Waals surface area (Å²) < 4.78 is 21.0. The Hall–Kier alpha value is -3.02. The fourth-order valence-corrected chi connectivity index (χ4v) is 3.05. The summed E-state index contributed by atoms with van der Waals surface area (Å²) in [5, 5.41) is 0. The van der Waals surface area contributed by atoms with E-state index >= 15 is 0 Å². The van der Waals surface area contributed by atoms with Crippen LogP contribution in [0.4, 0.5) is 0 Å². The lowest BCUT2D eigenvalue weighted by molar-refractivity contribution is 0.0798. The molecule has 0 heterocycles. The Kier molecular flexibility index (Phi) is 7.44. The Bertz CT molecular complexity index is 775. The summed E-state index contributed by atoms with van der Waals surface area (Å²) in [7, 11) is 6.06. The van der Waals surface area contributed by atoms with Gasteiger partial charge in [0.25, 0.3) is 0 Å². The van der Waals surface area contributed by atoms with E-state index in [9.17, 15) is 9.59 Å². The second kappa shape index (κ2) is 9.78. The molecule has 0 fully saturated rings. The Morgan fingerprint density at radius 2 is 1.11 bits per heavy atom. The van der Waals surface area contributed by atoms with Crippen molar-refractivity contribution in [1.29, 1.82) is 0 Å². The largest absolute Gasteiger partial charge is 0.493 e. The smallest absolute Gasteiger partial charge is 0.173 e. The van der Waals surface area contributed by atoms with E-state index in [0.29, 0.717) is 47.0 Å². The molecule has 0 amide bonds. The topological polar surface area (TPSA) is 71.1 Å². The van der Waals surface area contributed by atoms with Gasteiger partial charge in [0.15, 0.2) is 34.6 Å². The van der Waals surface area contributed by atoms with E-state index < -0.39 is 5.92 Å². The Labute approximate surface area is 165 Å². The summed E-state index contributed by atoms with van der Waals surface area (Å²) in [6, 6.07) is 9.83. The highest BCUT2D eigenvalue weighted by atomic mass is 16.5. The van der Waals surface area contributed by atoms with E-state index in [2.05, 4.69) is 0 Å². The zero-order chi connectivity index (χ0) is 20.7. The molecular weight excluding hydrogens is 360 g/mol. The van der Waals surface area contributed by atoms with Crippen molar-refractivity contribution in [2.75, 3.05) is 28.4 Å². The van der Waals surface area contributed by atoms with Crippen LogP contribution < -0.4 is 18.9 Å². The maximum Gasteiger partial charge on any atom is 0.173 e. The number of rotatable bonds is 10. The highest BCUT2D eigenvalue weighted by molar-refractivity contribution is 6.16. The first-order valence-electron chi connectivity index (χ1n) is 9.03. The molecule has 0 spiro atoms. The molecule has 0 aromatic heterocycles. The first-order valence-corrected chi connectivity index (χ1v) is 9.03. The number of ether oxygens (including phenoxy) is 4. The highest BCUT2D eigenvalue weighted by Gasteiger charge is 2.29. The van der Waals surface area contributed by atoms with Gasteiger partial charge in [-0.3, -0.25) is 9.59 Å². The molecule has 0 aliphatic carbocycles. The molecule has 28 heavy (non-hydrogen) atoms. The monoisotopic (exact) mass is 386 g/mol. The van der Waals surface area contributed by atoms with Gasteiger partial charge in [-0.1, -0.05) is 13.3 Å². The van der Waals surface area contributed by atoms with Crippen LogP contribution in [0.2, 0.25) is 0 Å². The number of ketones is 2. The molecule has 0 N–H and O–H groups in total. The van der Waals surface area contributed by atoms with E-state index in [1.807, 2.05) is 6.92 Å². The third-order valence-corrected chi connectivity index (χ3v) is 4.55. The molecule has 0 saturated carbocycles. The number of benzene rings is 2. The van der Waals surface area contributed by atoms with Crippen molar-refractivity contribution in [2.45, 2.75) is 19.8 Å². The summed E-state index contributed by atoms with van der Waals surface area (Å²) in [6.45, 7) is 1.94. The maximum absolute atomic E-state index is 13.1. The van der Waals surface area contributed by atoms with Crippen molar-refractivity contribution >= 4 is 11.6 Å². The number of hydrogen-bond donors (Lipinski definition) is 0. The first-order chi connectivity index (χ1) is 13.5. The number of Topliss-reactive ketones (excluding diaryl/α,β-unsaturated/α-hetero) is 2. The van der Waals surface area contributed by atoms with Gasteiger partial charge in [-0.05, 0) is 42.8 Å². The molecule has 6 heteroatoms. The normalized spacial score (nSPS) is 10.5. The van der Waals surface area contributed by atoms with Gasteiger partial charge in [-0.2, -0.15) is 0 Å². The molecule has 0 aliphatic heterocycles. The molecule has 150 valence electrons. The van der Waals surface area contributed by atoms with Crippen molar-refractivity contribution < 1.29 is 28.5 Å². The fraction of sp³-hybridized carbons (Fsp3) is 0.364. The summed E-state index contributed by atoms with van der Waals surface area (Å²) in [4.78, 5) is 26.2. The highest BCUT2D eigenvalue weighted by Crippen LogP contribution is 2.32. The van der Waals surface area contributed by atoms with E-state index in [0.717, 1.165) is 0 Å². The number of carbonyl (C=O) groups is 2. The quantitative estimate of drug-likeness (QED) is 0.450. The Balaban J connectivity index is 2.39. The van der Waals surface area contributed by atoms with Crippen LogP contribution in [-0.4, -0.2) is 40.0 Å². The second-order valence-corrected chi connectivity index (χ2v) is 6.21. The van der Waals surface area contributed by atoms with Gasteiger partial charge < -0.3 is 18.9 Å². The molecule has 6 nitrogen and oxygen atoms in total. The van der Waals surface area contributed by atoms with Gasteiger partial charge in [0, 0.05) is 11.1 Å². The maximum atomic E-state index is 13.1. The number of carbonyl (C=O) groups excluding carboxylic acids is 2. The second-order valence-electron chi connectivity index (χ2n) is 6.21. The van der Waals surface area contributed by atoms with Crippen molar-refractivity contribution in [3.8, 4) is 23.0 Å². The minimum absolute atomic E-state index is 0.248. The molecule has 2 aromatic carbocycles. The van der Waals surface area contributed by atoms with E-state index in [1.165, 1.54) is 28.4 Å². The van der Waals surface area contributed by atoms with Crippen LogP contribution in [0.3, 0.4) is 0 Å². The molecular formula is C22H26O6. The van der Waals surface area contributed by atoms with Gasteiger partial charge in [-0.25, -0.2) is 0 Å². The summed E-state index contributed by atoms with van der Waals surface area (Å²) in [5.74, 6) is 0.658. The van der Waals surface area contributed by atoms with Crippen molar-refractivity contribution in [3.05, 3.63) is 47.5 Å². The van der Waals surface area contributed by atoms with Gasteiger partial charge in [0.1, 0.15) is 0 Å². The summed E-state index contributed by atoms with van der Waals surface area (Å²) in [6.07, 6.45) is 1.14. The third kappa shape index (κ3) is 4.44. The average molecular weight is 386 g/mol. The lowest BCUT2D eigenvalue weighted by Crippen LogP contribution is -2.24. The van der Waals surface area contributed by atoms with Gasteiger partial charge >= 0.3 is 0 Å². The standard InChI is InChI=1S/C22H26O6/c1-6-7-16(21(23)14-8-10-17(25-2)19(12-14)27-4)22(24)15-9-11-18(26-3)20(13-15)28-5/h8-13,16H,6-7H2,1-5H3. The Morgan fingerprint density at radius 1 is 0.714 bits per heavy atom. The van der Waals surface area contributed by atoms with Crippen LogP contribution in [0.25, 0.3) is 0 Å². The molecule has 0 radical (unpaired) electrons. The lowest BCUT2D eigenvalue weighted by atomic mass is 9.86. The SMILES string of the molecule is CCCC(C(=O)c1ccc(OC)c(OC)c1)C(=O)c1ccc(OC)c(OC)c1. The number of hydrogen-bond acceptors (Lipinski definition) is 6. The van der Waals surface area contributed by atoms with Crippen molar-refractivity contribution in [2.24, 2.45) is 5.92 Å². The van der Waals surface area contributed by atoms with E-state index in [-0.39, 0.29) is 11.6 Å². The number of methoxy groups -OCH3 is 4. The molecule has 0 aliphatic rings. The fourth-order valence-electron chi connectivity index (χ4n) is 3.05. The molecule has 2 rings (SSSR count). The van der Waals surface area contributed by atoms with Crippen LogP contribution in [0.1, 0.15) is 40.5 Å². The minimum atomic E-state index is -0.791. The van der Waals surface area contributed by atoms with Gasteiger partial charge in [-0.15, -0.1) is 0 Å². The van der Waals surface area contributed by atoms with Crippen molar-refractivity contribution in [1.82, 2.24) is 0 Å². The average Bonchev–Trinajstić information content (AvgIpc) is 2.75. The molecule has 0 saturated heterocycles. The predicted octanol–water partition coefficient (Wildman–Crippen LogP) is 4.20. The van der Waals surface area contributed by atoms with Crippen LogP contribution in [0.5, 0.6) is 23.0 Å². The van der Waals surface area contributed by atoms with Crippen LogP contribution in [-0.2, 0) is 0 Å². The first kappa shape index (κ1) is 21.3. The lowest BCUT2D eigenvalue weighted by Gasteiger charge is -2.16. The van der Waals surface area contributed by atoms with Crippen LogP contribution in [0, 0.1) is 5.92 Å². The van der Waals surface area contributed by atoms with E-state index in [1.54, 1.807) is 36.4 Å². The van der Waals surface area contributed by atoms with Gasteiger partial charge in [0.05, 0.1) is 34.4 Å². The van der Waals surface area contributed by atoms with Crippen LogP contribution in [0.15, 0.2) is 36.4 Å². The minimum Gasteiger partial charge on any atom is -0.493 e. The van der Waals surface area contributed by atoms with Crippen LogP contribution >= 0.6 is 0 Å². The Morgan fingerprint density at radius 3 is 1.43 bits per heavy atom. The van der Waals surface area contributed by atoms with Gasteiger partial charge in [0.2, 0.25) is 0 Å².